The van der Waals surface area contributed by atoms with Crippen LogP contribution in [0.25, 0.3) is 0 Å². The largest absolute Gasteiger partial charge is 0.306 e. The predicted molar refractivity (Wildman–Crippen MR) is 49.8 cm³/mol. The minimum Gasteiger partial charge on any atom is -0.306 e. The van der Waals surface area contributed by atoms with E-state index in [9.17, 15) is 4.79 Å². The lowest BCUT2D eigenvalue weighted by atomic mass is 9.92. The summed E-state index contributed by atoms with van der Waals surface area (Å²) in [6.45, 7) is 2.46. The molecule has 2 heteroatoms. The Morgan fingerprint density at radius 3 is 2.67 bits per heavy atom. The van der Waals surface area contributed by atoms with E-state index in [0.29, 0.717) is 6.42 Å². The van der Waals surface area contributed by atoms with Crippen LogP contribution in [0.1, 0.15) is 32.1 Å². The molecule has 1 saturated heterocycles. The Morgan fingerprint density at radius 1 is 1.42 bits per heavy atom. The minimum atomic E-state index is 0.631. The maximum absolute atomic E-state index is 9.97. The average Bonchev–Trinajstić information content (AvgIpc) is 2.09. The van der Waals surface area contributed by atoms with Crippen molar-refractivity contribution >= 4 is 6.29 Å². The van der Waals surface area contributed by atoms with Crippen molar-refractivity contribution in [2.24, 2.45) is 5.92 Å². The summed E-state index contributed by atoms with van der Waals surface area (Å²) in [6.07, 6.45) is 7.48. The van der Waals surface area contributed by atoms with E-state index < -0.39 is 0 Å². The zero-order valence-electron chi connectivity index (χ0n) is 7.88. The lowest BCUT2D eigenvalue weighted by Crippen LogP contribution is -2.30. The van der Waals surface area contributed by atoms with Gasteiger partial charge in [-0.3, -0.25) is 4.79 Å². The zero-order chi connectivity index (χ0) is 8.81. The molecule has 1 heterocycles. The molecule has 0 bridgehead atoms. The monoisotopic (exact) mass is 168 g/mol. The van der Waals surface area contributed by atoms with Gasteiger partial charge in [-0.2, -0.15) is 0 Å². The molecule has 0 saturated carbocycles. The van der Waals surface area contributed by atoms with E-state index in [1.165, 1.54) is 32.4 Å². The maximum atomic E-state index is 9.97. The fourth-order valence-electron chi connectivity index (χ4n) is 1.81. The third-order valence-corrected chi connectivity index (χ3v) is 2.73. The van der Waals surface area contributed by atoms with Crippen molar-refractivity contribution in [2.45, 2.75) is 32.1 Å². The summed E-state index contributed by atoms with van der Waals surface area (Å²) in [5, 5.41) is 0. The molecule has 2 nitrogen and oxygen atoms in total. The lowest BCUT2D eigenvalue weighted by Gasteiger charge is -2.28. The molecule has 1 radical (unpaired) electrons. The topological polar surface area (TPSA) is 20.3 Å². The fraction of sp³-hybridized carbons (Fsp3) is 0.900. The van der Waals surface area contributed by atoms with Crippen LogP contribution < -0.4 is 0 Å². The van der Waals surface area contributed by atoms with Crippen molar-refractivity contribution in [1.82, 2.24) is 4.90 Å². The predicted octanol–water partition coefficient (Wildman–Crippen LogP) is 1.61. The molecule has 0 spiro atoms. The van der Waals surface area contributed by atoms with Crippen molar-refractivity contribution in [2.75, 3.05) is 20.1 Å². The number of piperidine rings is 1. The second kappa shape index (κ2) is 5.31. The van der Waals surface area contributed by atoms with Crippen LogP contribution in [-0.4, -0.2) is 31.3 Å². The van der Waals surface area contributed by atoms with Gasteiger partial charge in [0.25, 0.3) is 0 Å². The molecular weight excluding hydrogens is 150 g/mol. The van der Waals surface area contributed by atoms with Gasteiger partial charge >= 0.3 is 0 Å². The molecule has 0 unspecified atom stereocenters. The van der Waals surface area contributed by atoms with Gasteiger partial charge in [0, 0.05) is 6.42 Å². The summed E-state index contributed by atoms with van der Waals surface area (Å²) >= 11 is 0. The number of unbranched alkanes of at least 4 members (excludes halogenated alkanes) is 1. The second-order valence-electron chi connectivity index (χ2n) is 3.78. The lowest BCUT2D eigenvalue weighted by molar-refractivity contribution is 0.211. The Morgan fingerprint density at radius 2 is 2.08 bits per heavy atom. The number of carbonyl (C=O) groups excluding carboxylic acids is 1. The molecular formula is C10H18NO. The van der Waals surface area contributed by atoms with Crippen molar-refractivity contribution in [1.29, 1.82) is 0 Å². The Bertz CT molecular complexity index is 128. The summed E-state index contributed by atoms with van der Waals surface area (Å²) in [4.78, 5) is 12.3. The van der Waals surface area contributed by atoms with Gasteiger partial charge in [-0.1, -0.05) is 0 Å². The van der Waals surface area contributed by atoms with Crippen LogP contribution in [0.5, 0.6) is 0 Å². The molecule has 0 aromatic rings. The molecule has 0 aromatic carbocycles. The molecule has 0 atom stereocenters. The number of hydrogen-bond donors (Lipinski definition) is 0. The highest BCUT2D eigenvalue weighted by Crippen LogP contribution is 2.21. The molecule has 0 aromatic heterocycles. The molecule has 12 heavy (non-hydrogen) atoms. The molecule has 1 fully saturated rings. The number of likely N-dealkylation sites (tertiary alicyclic amines) is 1. The SMILES string of the molecule is CN1CCC(CCC[C]=O)CC1. The second-order valence-corrected chi connectivity index (χ2v) is 3.78. The van der Waals surface area contributed by atoms with Crippen LogP contribution in [0.2, 0.25) is 0 Å². The van der Waals surface area contributed by atoms with E-state index in [1.54, 1.807) is 0 Å². The van der Waals surface area contributed by atoms with Crippen molar-refractivity contribution in [3.63, 3.8) is 0 Å². The fourth-order valence-corrected chi connectivity index (χ4v) is 1.81. The van der Waals surface area contributed by atoms with Gasteiger partial charge in [0.1, 0.15) is 0 Å². The van der Waals surface area contributed by atoms with Gasteiger partial charge in [0.2, 0.25) is 0 Å². The first-order valence-corrected chi connectivity index (χ1v) is 4.86. The highest BCUT2D eigenvalue weighted by molar-refractivity contribution is 5.50. The van der Waals surface area contributed by atoms with Crippen molar-refractivity contribution in [3.8, 4) is 0 Å². The average molecular weight is 168 g/mol. The van der Waals surface area contributed by atoms with Crippen LogP contribution in [0.3, 0.4) is 0 Å². The summed E-state index contributed by atoms with van der Waals surface area (Å²) in [5.74, 6) is 0.870. The van der Waals surface area contributed by atoms with Gasteiger partial charge in [-0.25, -0.2) is 0 Å². The van der Waals surface area contributed by atoms with Gasteiger partial charge in [0.15, 0.2) is 6.29 Å². The zero-order valence-corrected chi connectivity index (χ0v) is 7.88. The molecule has 69 valence electrons. The van der Waals surface area contributed by atoms with Gasteiger partial charge in [-0.05, 0) is 51.7 Å². The normalized spacial score (nSPS) is 21.1. The van der Waals surface area contributed by atoms with E-state index in [1.807, 2.05) is 6.29 Å². The van der Waals surface area contributed by atoms with Crippen LogP contribution in [0.15, 0.2) is 0 Å². The number of rotatable bonds is 4. The first kappa shape index (κ1) is 9.72. The standard InChI is InChI=1S/C10H18NO/c1-11-7-5-10(6-8-11)4-2-3-9-12/h10H,2-8H2,1H3. The molecule has 0 aliphatic carbocycles. The van der Waals surface area contributed by atoms with Crippen LogP contribution in [0, 0.1) is 5.92 Å². The van der Waals surface area contributed by atoms with E-state index in [-0.39, 0.29) is 0 Å². The van der Waals surface area contributed by atoms with Crippen molar-refractivity contribution < 1.29 is 4.79 Å². The Labute approximate surface area is 74.9 Å². The van der Waals surface area contributed by atoms with Gasteiger partial charge in [0.05, 0.1) is 0 Å². The highest BCUT2D eigenvalue weighted by atomic mass is 16.1. The molecule has 0 amide bonds. The maximum Gasteiger partial charge on any atom is 0.198 e. The summed E-state index contributed by atoms with van der Waals surface area (Å²) in [7, 11) is 2.18. The summed E-state index contributed by atoms with van der Waals surface area (Å²) in [5.41, 5.74) is 0. The third kappa shape index (κ3) is 3.35. The molecule has 1 rings (SSSR count). The van der Waals surface area contributed by atoms with Crippen LogP contribution in [0.4, 0.5) is 0 Å². The van der Waals surface area contributed by atoms with E-state index in [0.717, 1.165) is 12.3 Å². The first-order valence-electron chi connectivity index (χ1n) is 4.86. The van der Waals surface area contributed by atoms with Crippen LogP contribution in [-0.2, 0) is 4.79 Å². The highest BCUT2D eigenvalue weighted by Gasteiger charge is 2.15. The Hall–Kier alpha value is -0.370. The van der Waals surface area contributed by atoms with Crippen molar-refractivity contribution in [3.05, 3.63) is 0 Å². The van der Waals surface area contributed by atoms with E-state index in [4.69, 9.17) is 0 Å². The summed E-state index contributed by atoms with van der Waals surface area (Å²) in [6, 6.07) is 0. The molecule has 0 N–H and O–H groups in total. The molecule has 1 aliphatic rings. The number of nitrogens with zero attached hydrogens (tertiary/aromatic N) is 1. The van der Waals surface area contributed by atoms with Crippen LogP contribution >= 0.6 is 0 Å². The Kier molecular flexibility index (Phi) is 4.30. The van der Waals surface area contributed by atoms with E-state index in [2.05, 4.69) is 11.9 Å². The quantitative estimate of drug-likeness (QED) is 0.594. The third-order valence-electron chi connectivity index (χ3n) is 2.73. The smallest absolute Gasteiger partial charge is 0.198 e. The number of hydrogen-bond acceptors (Lipinski definition) is 2. The van der Waals surface area contributed by atoms with E-state index >= 15 is 0 Å². The van der Waals surface area contributed by atoms with Gasteiger partial charge in [-0.15, -0.1) is 0 Å². The summed E-state index contributed by atoms with van der Waals surface area (Å²) < 4.78 is 0. The molecule has 1 aliphatic heterocycles. The minimum absolute atomic E-state index is 0.631. The first-order chi connectivity index (χ1) is 5.83. The van der Waals surface area contributed by atoms with Gasteiger partial charge < -0.3 is 4.90 Å². The Balaban J connectivity index is 2.05.